The number of benzene rings is 1. The number of hydrogen-bond acceptors (Lipinski definition) is 4. The lowest BCUT2D eigenvalue weighted by atomic mass is 10.2. The summed E-state index contributed by atoms with van der Waals surface area (Å²) in [6.07, 6.45) is 6.09. The van der Waals surface area contributed by atoms with Crippen LogP contribution in [0.1, 0.15) is 11.1 Å². The Morgan fingerprint density at radius 3 is 2.58 bits per heavy atom. The molecule has 124 valence electrons. The van der Waals surface area contributed by atoms with E-state index in [0.29, 0.717) is 16.0 Å². The first-order valence-electron chi connectivity index (χ1n) is 7.12. The van der Waals surface area contributed by atoms with Crippen molar-refractivity contribution in [1.29, 1.82) is 0 Å². The molecule has 0 bridgehead atoms. The molecule has 0 unspecified atom stereocenters. The molecule has 24 heavy (non-hydrogen) atoms. The van der Waals surface area contributed by atoms with Crippen LogP contribution in [0.25, 0.3) is 17.1 Å². The number of rotatable bonds is 4. The number of aryl methyl sites for hydroxylation is 1. The fourth-order valence-corrected chi connectivity index (χ4v) is 3.96. The molecule has 3 rings (SSSR count). The van der Waals surface area contributed by atoms with Crippen LogP contribution in [0.15, 0.2) is 53.9 Å². The van der Waals surface area contributed by atoms with E-state index >= 15 is 0 Å². The molecule has 0 atom stereocenters. The van der Waals surface area contributed by atoms with Crippen molar-refractivity contribution >= 4 is 38.7 Å². The maximum atomic E-state index is 13.0. The topological polar surface area (TPSA) is 61.2 Å². The first-order valence-corrected chi connectivity index (χ1v) is 8.94. The summed E-state index contributed by atoms with van der Waals surface area (Å²) >= 11 is 6.25. The summed E-state index contributed by atoms with van der Waals surface area (Å²) in [5.74, 6) is 0. The van der Waals surface area contributed by atoms with Crippen molar-refractivity contribution in [2.75, 3.05) is 7.11 Å². The zero-order valence-corrected chi connectivity index (χ0v) is 14.7. The fourth-order valence-electron chi connectivity index (χ4n) is 2.39. The third-order valence-corrected chi connectivity index (χ3v) is 5.57. The average molecular weight is 363 g/mol. The molecule has 0 N–H and O–H groups in total. The predicted octanol–water partition coefficient (Wildman–Crippen LogP) is 3.85. The van der Waals surface area contributed by atoms with Gasteiger partial charge in [0, 0.05) is 23.3 Å². The number of fused-ring (bicyclic) bond motifs is 1. The fraction of sp³-hybridized carbons (Fsp3) is 0.118. The quantitative estimate of drug-likeness (QED) is 0.661. The minimum Gasteiger partial charge on any atom is -0.504 e. The zero-order valence-electron chi connectivity index (χ0n) is 13.1. The number of ether oxygens (including phenoxy) is 1. The van der Waals surface area contributed by atoms with Crippen LogP contribution >= 0.6 is 11.6 Å². The van der Waals surface area contributed by atoms with Crippen LogP contribution in [0.2, 0.25) is 5.02 Å². The largest absolute Gasteiger partial charge is 0.504 e. The molecule has 0 aliphatic heterocycles. The highest BCUT2D eigenvalue weighted by Gasteiger charge is 2.22. The lowest BCUT2D eigenvalue weighted by Crippen LogP contribution is -2.12. The molecule has 0 radical (unpaired) electrons. The molecule has 1 aromatic carbocycles. The van der Waals surface area contributed by atoms with Crippen molar-refractivity contribution in [1.82, 2.24) is 8.96 Å². The highest BCUT2D eigenvalue weighted by Crippen LogP contribution is 2.30. The number of pyridine rings is 1. The van der Waals surface area contributed by atoms with Crippen molar-refractivity contribution in [2.24, 2.45) is 0 Å². The highest BCUT2D eigenvalue weighted by atomic mass is 35.5. The highest BCUT2D eigenvalue weighted by molar-refractivity contribution is 7.90. The number of methoxy groups -OCH3 is 1. The van der Waals surface area contributed by atoms with Crippen LogP contribution in [-0.2, 0) is 14.8 Å². The van der Waals surface area contributed by atoms with Gasteiger partial charge in [-0.25, -0.2) is 17.4 Å². The molecular formula is C17H15ClN2O3S. The van der Waals surface area contributed by atoms with E-state index in [1.807, 2.05) is 6.92 Å². The Balaban J connectivity index is 2.28. The molecule has 0 aliphatic carbocycles. The number of aromatic nitrogens is 2. The molecule has 3 aromatic rings. The standard InChI is InChI=1S/C17H15ClN2O3S/c1-12-3-5-14(6-4-12)24(21,22)20-11-13(8-10-23-2)16-15(18)7-9-19-17(16)20/h3-11H,1-2H3/b10-8-. The Kier molecular flexibility index (Phi) is 4.34. The first-order chi connectivity index (χ1) is 11.4. The van der Waals surface area contributed by atoms with Crippen LogP contribution in [0, 0.1) is 6.92 Å². The third kappa shape index (κ3) is 2.79. The van der Waals surface area contributed by atoms with Crippen LogP contribution in [-0.4, -0.2) is 24.5 Å². The second-order valence-electron chi connectivity index (χ2n) is 5.23. The average Bonchev–Trinajstić information content (AvgIpc) is 2.94. The van der Waals surface area contributed by atoms with Gasteiger partial charge in [-0.05, 0) is 31.2 Å². The Morgan fingerprint density at radius 1 is 1.21 bits per heavy atom. The van der Waals surface area contributed by atoms with Crippen molar-refractivity contribution < 1.29 is 13.2 Å². The molecule has 2 aromatic heterocycles. The van der Waals surface area contributed by atoms with E-state index in [1.165, 1.54) is 25.8 Å². The molecule has 0 saturated heterocycles. The SMILES string of the molecule is CO/C=C\c1cn(S(=O)(=O)c2ccc(C)cc2)c2nccc(Cl)c12. The van der Waals surface area contributed by atoms with Gasteiger partial charge in [0.1, 0.15) is 0 Å². The molecule has 0 fully saturated rings. The summed E-state index contributed by atoms with van der Waals surface area (Å²) in [4.78, 5) is 4.39. The van der Waals surface area contributed by atoms with Gasteiger partial charge in [-0.1, -0.05) is 29.3 Å². The molecule has 7 heteroatoms. The lowest BCUT2D eigenvalue weighted by Gasteiger charge is -2.07. The van der Waals surface area contributed by atoms with Gasteiger partial charge in [0.05, 0.1) is 23.3 Å². The van der Waals surface area contributed by atoms with Gasteiger partial charge in [0.15, 0.2) is 5.65 Å². The predicted molar refractivity (Wildman–Crippen MR) is 94.5 cm³/mol. The molecule has 0 amide bonds. The van der Waals surface area contributed by atoms with E-state index in [2.05, 4.69) is 4.98 Å². The number of halogens is 1. The Bertz CT molecular complexity index is 1020. The van der Waals surface area contributed by atoms with Gasteiger partial charge >= 0.3 is 0 Å². The van der Waals surface area contributed by atoms with Gasteiger partial charge in [0.2, 0.25) is 0 Å². The molecule has 2 heterocycles. The van der Waals surface area contributed by atoms with Crippen molar-refractivity contribution in [3.05, 3.63) is 65.1 Å². The first kappa shape index (κ1) is 16.5. The zero-order chi connectivity index (χ0) is 17.3. The van der Waals surface area contributed by atoms with Crippen molar-refractivity contribution in [3.63, 3.8) is 0 Å². The maximum Gasteiger partial charge on any atom is 0.269 e. The van der Waals surface area contributed by atoms with Gasteiger partial charge in [-0.3, -0.25) is 0 Å². The van der Waals surface area contributed by atoms with Gasteiger partial charge < -0.3 is 4.74 Å². The van der Waals surface area contributed by atoms with E-state index in [-0.39, 0.29) is 10.5 Å². The summed E-state index contributed by atoms with van der Waals surface area (Å²) < 4.78 is 32.0. The molecule has 0 saturated carbocycles. The Hall–Kier alpha value is -2.31. The van der Waals surface area contributed by atoms with Crippen molar-refractivity contribution in [3.8, 4) is 0 Å². The molecule has 0 spiro atoms. The Morgan fingerprint density at radius 2 is 1.92 bits per heavy atom. The lowest BCUT2D eigenvalue weighted by molar-refractivity contribution is 0.341. The molecule has 5 nitrogen and oxygen atoms in total. The smallest absolute Gasteiger partial charge is 0.269 e. The minimum absolute atomic E-state index is 0.189. The van der Waals surface area contributed by atoms with Crippen LogP contribution in [0.5, 0.6) is 0 Å². The molecule has 0 aliphatic rings. The minimum atomic E-state index is -3.78. The summed E-state index contributed by atoms with van der Waals surface area (Å²) in [7, 11) is -2.27. The van der Waals surface area contributed by atoms with Crippen molar-refractivity contribution in [2.45, 2.75) is 11.8 Å². The summed E-state index contributed by atoms with van der Waals surface area (Å²) in [5, 5.41) is 0.983. The van der Waals surface area contributed by atoms with E-state index in [0.717, 1.165) is 9.54 Å². The van der Waals surface area contributed by atoms with E-state index in [4.69, 9.17) is 16.3 Å². The monoisotopic (exact) mass is 362 g/mol. The second kappa shape index (κ2) is 6.30. The molecular weight excluding hydrogens is 348 g/mol. The van der Waals surface area contributed by atoms with E-state index < -0.39 is 10.0 Å². The third-order valence-electron chi connectivity index (χ3n) is 3.60. The van der Waals surface area contributed by atoms with Crippen LogP contribution in [0.3, 0.4) is 0 Å². The number of nitrogens with zero attached hydrogens (tertiary/aromatic N) is 2. The maximum absolute atomic E-state index is 13.0. The van der Waals surface area contributed by atoms with E-state index in [1.54, 1.807) is 36.4 Å². The number of hydrogen-bond donors (Lipinski definition) is 0. The summed E-state index contributed by atoms with van der Waals surface area (Å²) in [5.41, 5.74) is 1.87. The normalized spacial score (nSPS) is 12.1. The van der Waals surface area contributed by atoms with E-state index in [9.17, 15) is 8.42 Å². The van der Waals surface area contributed by atoms with Gasteiger partial charge in [0.25, 0.3) is 10.0 Å². The van der Waals surface area contributed by atoms with Crippen LogP contribution in [0.4, 0.5) is 0 Å². The summed E-state index contributed by atoms with van der Waals surface area (Å²) in [6.45, 7) is 1.90. The Labute approximate surface area is 145 Å². The second-order valence-corrected chi connectivity index (χ2v) is 7.45. The van der Waals surface area contributed by atoms with Gasteiger partial charge in [-0.2, -0.15) is 0 Å². The summed E-state index contributed by atoms with van der Waals surface area (Å²) in [6, 6.07) is 8.28. The van der Waals surface area contributed by atoms with Crippen LogP contribution < -0.4 is 0 Å². The van der Waals surface area contributed by atoms with Gasteiger partial charge in [-0.15, -0.1) is 0 Å².